The number of aromatic nitrogens is 2. The summed E-state index contributed by atoms with van der Waals surface area (Å²) in [7, 11) is -4.97. The van der Waals surface area contributed by atoms with Crippen LogP contribution in [0.25, 0.3) is 0 Å². The quantitative estimate of drug-likeness (QED) is 0.392. The zero-order valence-electron chi connectivity index (χ0n) is 16.8. The van der Waals surface area contributed by atoms with Gasteiger partial charge in [0.25, 0.3) is 10.0 Å². The maximum atomic E-state index is 14.2. The Labute approximate surface area is 188 Å². The maximum Gasteiger partial charge on any atom is 0.416 e. The number of alkyl halides is 6. The van der Waals surface area contributed by atoms with Gasteiger partial charge in [0, 0.05) is 22.6 Å². The standard InChI is InChI=1S/C20H14ClF7N2O2S/c1-10-15(9-16-17(21)4-3-5-18(16)22)11(2)30(29-10)33(31,32)14-7-12(19(23,24)25)6-13(8-14)20(26,27)28/h3-8H,9H2,1-2H3. The molecule has 3 rings (SSSR count). The molecule has 0 N–H and O–H groups in total. The average Bonchev–Trinajstić information content (AvgIpc) is 2.97. The third-order valence-electron chi connectivity index (χ3n) is 4.90. The molecule has 0 saturated heterocycles. The molecular formula is C20H14ClF7N2O2S. The zero-order chi connectivity index (χ0) is 24.9. The Morgan fingerprint density at radius 2 is 1.48 bits per heavy atom. The van der Waals surface area contributed by atoms with Crippen LogP contribution in [-0.2, 0) is 28.8 Å². The van der Waals surface area contributed by atoms with Crippen molar-refractivity contribution in [1.82, 2.24) is 9.19 Å². The molecule has 1 aromatic heterocycles. The molecule has 0 unspecified atom stereocenters. The lowest BCUT2D eigenvalue weighted by atomic mass is 10.0. The Kier molecular flexibility index (Phi) is 6.31. The second kappa shape index (κ2) is 8.32. The molecule has 0 bridgehead atoms. The molecule has 4 nitrogen and oxygen atoms in total. The number of aryl methyl sites for hydroxylation is 1. The van der Waals surface area contributed by atoms with Crippen LogP contribution >= 0.6 is 11.6 Å². The van der Waals surface area contributed by atoms with Gasteiger partial charge in [0.2, 0.25) is 0 Å². The number of nitrogens with zero attached hydrogens (tertiary/aromatic N) is 2. The molecule has 2 aromatic carbocycles. The van der Waals surface area contributed by atoms with Crippen molar-refractivity contribution in [3.63, 3.8) is 0 Å². The molecule has 13 heteroatoms. The van der Waals surface area contributed by atoms with Crippen LogP contribution in [0.1, 0.15) is 33.6 Å². The van der Waals surface area contributed by atoms with Crippen LogP contribution in [0.5, 0.6) is 0 Å². The number of rotatable bonds is 4. The summed E-state index contributed by atoms with van der Waals surface area (Å²) in [5, 5.41) is 3.85. The summed E-state index contributed by atoms with van der Waals surface area (Å²) in [6.45, 7) is 2.62. The van der Waals surface area contributed by atoms with Crippen LogP contribution < -0.4 is 0 Å². The van der Waals surface area contributed by atoms with Gasteiger partial charge < -0.3 is 0 Å². The van der Waals surface area contributed by atoms with Crippen LogP contribution in [0, 0.1) is 19.7 Å². The molecule has 0 aliphatic carbocycles. The van der Waals surface area contributed by atoms with Gasteiger partial charge in [0.15, 0.2) is 0 Å². The lowest BCUT2D eigenvalue weighted by Gasteiger charge is -2.15. The lowest BCUT2D eigenvalue weighted by Crippen LogP contribution is -2.19. The Balaban J connectivity index is 2.17. The van der Waals surface area contributed by atoms with E-state index in [2.05, 4.69) is 5.10 Å². The molecule has 0 spiro atoms. The highest BCUT2D eigenvalue weighted by atomic mass is 35.5. The van der Waals surface area contributed by atoms with E-state index >= 15 is 0 Å². The third kappa shape index (κ3) is 4.86. The van der Waals surface area contributed by atoms with Gasteiger partial charge in [-0.05, 0) is 44.2 Å². The van der Waals surface area contributed by atoms with Crippen molar-refractivity contribution in [3.05, 3.63) is 80.9 Å². The first-order valence-electron chi connectivity index (χ1n) is 9.06. The highest BCUT2D eigenvalue weighted by Crippen LogP contribution is 2.38. The molecule has 0 saturated carbocycles. The molecular weight excluding hydrogens is 501 g/mol. The highest BCUT2D eigenvalue weighted by molar-refractivity contribution is 7.89. The highest BCUT2D eigenvalue weighted by Gasteiger charge is 2.39. The van der Waals surface area contributed by atoms with E-state index in [9.17, 15) is 39.2 Å². The Bertz CT molecular complexity index is 1280. The van der Waals surface area contributed by atoms with E-state index in [1.54, 1.807) is 0 Å². The summed E-state index contributed by atoms with van der Waals surface area (Å²) in [5.41, 5.74) is -3.36. The summed E-state index contributed by atoms with van der Waals surface area (Å²) >= 11 is 6.00. The number of hydrogen-bond donors (Lipinski definition) is 0. The fraction of sp³-hybridized carbons (Fsp3) is 0.250. The predicted octanol–water partition coefficient (Wildman–Crippen LogP) is 6.16. The van der Waals surface area contributed by atoms with E-state index in [0.717, 1.165) is 6.07 Å². The van der Waals surface area contributed by atoms with Gasteiger partial charge in [0.1, 0.15) is 5.82 Å². The van der Waals surface area contributed by atoms with Crippen molar-refractivity contribution in [2.75, 3.05) is 0 Å². The molecule has 0 fully saturated rings. The van der Waals surface area contributed by atoms with E-state index in [0.29, 0.717) is 4.09 Å². The topological polar surface area (TPSA) is 52.0 Å². The summed E-state index contributed by atoms with van der Waals surface area (Å²) in [5.74, 6) is -0.676. The minimum Gasteiger partial charge on any atom is -0.207 e. The normalized spacial score (nSPS) is 12.9. The van der Waals surface area contributed by atoms with E-state index in [4.69, 9.17) is 11.6 Å². The van der Waals surface area contributed by atoms with E-state index < -0.39 is 44.2 Å². The van der Waals surface area contributed by atoms with E-state index in [1.807, 2.05) is 0 Å². The molecule has 1 heterocycles. The van der Waals surface area contributed by atoms with Crippen molar-refractivity contribution in [1.29, 1.82) is 0 Å². The SMILES string of the molecule is Cc1nn(S(=O)(=O)c2cc(C(F)(F)F)cc(C(F)(F)F)c2)c(C)c1Cc1c(F)cccc1Cl. The van der Waals surface area contributed by atoms with Crippen molar-refractivity contribution >= 4 is 21.6 Å². The molecule has 0 aliphatic heterocycles. The monoisotopic (exact) mass is 514 g/mol. The number of hydrogen-bond acceptors (Lipinski definition) is 3. The first-order chi connectivity index (χ1) is 15.0. The van der Waals surface area contributed by atoms with Gasteiger partial charge in [-0.3, -0.25) is 0 Å². The van der Waals surface area contributed by atoms with Crippen LogP contribution in [0.4, 0.5) is 30.7 Å². The van der Waals surface area contributed by atoms with Crippen molar-refractivity contribution in [2.45, 2.75) is 37.5 Å². The van der Waals surface area contributed by atoms with Gasteiger partial charge in [-0.25, -0.2) is 4.39 Å². The van der Waals surface area contributed by atoms with Gasteiger partial charge in [-0.2, -0.15) is 43.9 Å². The number of halogens is 8. The lowest BCUT2D eigenvalue weighted by molar-refractivity contribution is -0.143. The fourth-order valence-corrected chi connectivity index (χ4v) is 4.87. The van der Waals surface area contributed by atoms with Gasteiger partial charge >= 0.3 is 12.4 Å². The molecule has 178 valence electrons. The first kappa shape index (κ1) is 25.0. The fourth-order valence-electron chi connectivity index (χ4n) is 3.19. The zero-order valence-corrected chi connectivity index (χ0v) is 18.4. The summed E-state index contributed by atoms with van der Waals surface area (Å²) in [6.07, 6.45) is -10.7. The smallest absolute Gasteiger partial charge is 0.207 e. The van der Waals surface area contributed by atoms with Gasteiger partial charge in [0.05, 0.1) is 27.4 Å². The molecule has 33 heavy (non-hydrogen) atoms. The van der Waals surface area contributed by atoms with Crippen LogP contribution in [0.15, 0.2) is 41.3 Å². The third-order valence-corrected chi connectivity index (χ3v) is 6.90. The molecule has 3 aromatic rings. The first-order valence-corrected chi connectivity index (χ1v) is 10.9. The van der Waals surface area contributed by atoms with Gasteiger partial charge in [-0.15, -0.1) is 0 Å². The van der Waals surface area contributed by atoms with Crippen LogP contribution in [-0.4, -0.2) is 17.6 Å². The Morgan fingerprint density at radius 1 is 0.939 bits per heavy atom. The summed E-state index contributed by atoms with van der Waals surface area (Å²) < 4.78 is 120. The van der Waals surface area contributed by atoms with E-state index in [-0.39, 0.29) is 52.2 Å². The predicted molar refractivity (Wildman–Crippen MR) is 105 cm³/mol. The molecule has 0 amide bonds. The summed E-state index contributed by atoms with van der Waals surface area (Å²) in [4.78, 5) is -1.24. The minimum absolute atomic E-state index is 0.0285. The van der Waals surface area contributed by atoms with Crippen molar-refractivity contribution in [2.24, 2.45) is 0 Å². The molecule has 0 radical (unpaired) electrons. The van der Waals surface area contributed by atoms with Crippen molar-refractivity contribution in [3.8, 4) is 0 Å². The Hall–Kier alpha value is -2.60. The minimum atomic E-state index is -5.23. The Morgan fingerprint density at radius 3 is 1.97 bits per heavy atom. The average molecular weight is 515 g/mol. The van der Waals surface area contributed by atoms with E-state index in [1.165, 1.54) is 26.0 Å². The second-order valence-corrected chi connectivity index (χ2v) is 9.29. The van der Waals surface area contributed by atoms with Crippen molar-refractivity contribution < 1.29 is 39.2 Å². The molecule has 0 aliphatic rings. The van der Waals surface area contributed by atoms with Crippen LogP contribution in [0.2, 0.25) is 5.02 Å². The van der Waals surface area contributed by atoms with Gasteiger partial charge in [-0.1, -0.05) is 17.7 Å². The maximum absolute atomic E-state index is 14.2. The largest absolute Gasteiger partial charge is 0.416 e. The summed E-state index contributed by atoms with van der Waals surface area (Å²) in [6, 6.07) is 3.94. The molecule has 0 atom stereocenters. The second-order valence-electron chi connectivity index (χ2n) is 7.12. The number of benzene rings is 2. The van der Waals surface area contributed by atoms with Crippen LogP contribution in [0.3, 0.4) is 0 Å².